The summed E-state index contributed by atoms with van der Waals surface area (Å²) in [6.45, 7) is 5.12. The molecule has 2 aliphatic heterocycles. The molecule has 0 aromatic rings. The van der Waals surface area contributed by atoms with Crippen molar-refractivity contribution < 1.29 is 9.47 Å². The SMILES string of the molecule is CCNC(C1CCOC2(CCC2)C1)C1CSCCO1. The molecule has 1 saturated carbocycles. The molecule has 0 bridgehead atoms. The average Bonchev–Trinajstić information content (AvgIpc) is 2.44. The third-order valence-electron chi connectivity index (χ3n) is 4.99. The molecule has 1 N–H and O–H groups in total. The molecule has 2 saturated heterocycles. The van der Waals surface area contributed by atoms with Crippen LogP contribution in [0.1, 0.15) is 39.0 Å². The molecule has 0 aromatic heterocycles. The first-order valence-corrected chi connectivity index (χ1v) is 9.05. The van der Waals surface area contributed by atoms with Gasteiger partial charge in [0, 0.05) is 24.2 Å². The van der Waals surface area contributed by atoms with Crippen molar-refractivity contribution in [3.05, 3.63) is 0 Å². The van der Waals surface area contributed by atoms with Crippen molar-refractivity contribution in [2.45, 2.75) is 56.8 Å². The highest BCUT2D eigenvalue weighted by Crippen LogP contribution is 2.45. The number of nitrogens with one attached hydrogen (secondary N) is 1. The molecule has 3 nitrogen and oxygen atoms in total. The van der Waals surface area contributed by atoms with Crippen LogP contribution in [-0.4, -0.2) is 49.0 Å². The largest absolute Gasteiger partial charge is 0.375 e. The van der Waals surface area contributed by atoms with Gasteiger partial charge in [0.05, 0.1) is 18.3 Å². The Bertz CT molecular complexity index is 290. The molecule has 1 spiro atoms. The van der Waals surface area contributed by atoms with Gasteiger partial charge >= 0.3 is 0 Å². The first-order valence-electron chi connectivity index (χ1n) is 7.90. The molecular weight excluding hydrogens is 258 g/mol. The Kier molecular flexibility index (Phi) is 4.73. The van der Waals surface area contributed by atoms with E-state index >= 15 is 0 Å². The summed E-state index contributed by atoms with van der Waals surface area (Å²) >= 11 is 2.04. The summed E-state index contributed by atoms with van der Waals surface area (Å²) < 4.78 is 12.1. The fourth-order valence-electron chi connectivity index (χ4n) is 3.84. The maximum atomic E-state index is 6.07. The Morgan fingerprint density at radius 2 is 2.26 bits per heavy atom. The third-order valence-corrected chi connectivity index (χ3v) is 6.01. The number of rotatable bonds is 4. The second-order valence-corrected chi connectivity index (χ2v) is 7.36. The predicted molar refractivity (Wildman–Crippen MR) is 79.8 cm³/mol. The van der Waals surface area contributed by atoms with Gasteiger partial charge in [0.1, 0.15) is 0 Å². The first-order chi connectivity index (χ1) is 9.33. The van der Waals surface area contributed by atoms with Crippen LogP contribution in [0.3, 0.4) is 0 Å². The molecule has 1 aliphatic carbocycles. The zero-order valence-corrected chi connectivity index (χ0v) is 12.8. The van der Waals surface area contributed by atoms with Gasteiger partial charge in [-0.05, 0) is 44.6 Å². The molecule has 3 rings (SSSR count). The Labute approximate surface area is 121 Å². The van der Waals surface area contributed by atoms with Gasteiger partial charge in [-0.15, -0.1) is 0 Å². The zero-order valence-electron chi connectivity index (χ0n) is 12.0. The van der Waals surface area contributed by atoms with Crippen LogP contribution in [0, 0.1) is 5.92 Å². The Morgan fingerprint density at radius 3 is 2.89 bits per heavy atom. The summed E-state index contributed by atoms with van der Waals surface area (Å²) in [6, 6.07) is 0.527. The molecule has 0 aromatic carbocycles. The van der Waals surface area contributed by atoms with Crippen LogP contribution in [0.25, 0.3) is 0 Å². The van der Waals surface area contributed by atoms with Gasteiger partial charge in [0.15, 0.2) is 0 Å². The van der Waals surface area contributed by atoms with Gasteiger partial charge in [-0.25, -0.2) is 0 Å². The molecule has 3 unspecified atom stereocenters. The molecule has 3 aliphatic rings. The second kappa shape index (κ2) is 6.33. The number of hydrogen-bond donors (Lipinski definition) is 1. The lowest BCUT2D eigenvalue weighted by Crippen LogP contribution is -2.55. The summed E-state index contributed by atoms with van der Waals surface area (Å²) in [5.74, 6) is 3.05. The van der Waals surface area contributed by atoms with E-state index in [9.17, 15) is 0 Å². The van der Waals surface area contributed by atoms with Crippen molar-refractivity contribution in [2.24, 2.45) is 5.92 Å². The molecule has 3 atom stereocenters. The molecule has 110 valence electrons. The van der Waals surface area contributed by atoms with E-state index in [1.54, 1.807) is 0 Å². The topological polar surface area (TPSA) is 30.5 Å². The van der Waals surface area contributed by atoms with E-state index in [0.717, 1.165) is 37.2 Å². The molecule has 3 fully saturated rings. The van der Waals surface area contributed by atoms with Crippen molar-refractivity contribution >= 4 is 11.8 Å². The quantitative estimate of drug-likeness (QED) is 0.859. The summed E-state index contributed by atoms with van der Waals surface area (Å²) in [5.41, 5.74) is 0.248. The van der Waals surface area contributed by atoms with Crippen molar-refractivity contribution in [3.8, 4) is 0 Å². The van der Waals surface area contributed by atoms with Crippen LogP contribution in [0.5, 0.6) is 0 Å². The van der Waals surface area contributed by atoms with Gasteiger partial charge in [-0.1, -0.05) is 6.92 Å². The second-order valence-electron chi connectivity index (χ2n) is 6.21. The predicted octanol–water partition coefficient (Wildman–Crippen LogP) is 2.45. The molecule has 0 amide bonds. The Balaban J connectivity index is 1.64. The Morgan fingerprint density at radius 1 is 1.37 bits per heavy atom. The van der Waals surface area contributed by atoms with E-state index in [4.69, 9.17) is 9.47 Å². The highest BCUT2D eigenvalue weighted by Gasteiger charge is 2.45. The highest BCUT2D eigenvalue weighted by atomic mass is 32.2. The molecule has 4 heteroatoms. The minimum atomic E-state index is 0.248. The normalized spacial score (nSPS) is 35.8. The molecule has 2 heterocycles. The smallest absolute Gasteiger partial charge is 0.0821 e. The van der Waals surface area contributed by atoms with E-state index in [1.165, 1.54) is 32.1 Å². The van der Waals surface area contributed by atoms with Crippen LogP contribution in [0.2, 0.25) is 0 Å². The summed E-state index contributed by atoms with van der Waals surface area (Å²) in [7, 11) is 0. The standard InChI is InChI=1S/C15H27NO2S/c1-2-16-14(13-11-19-9-8-17-13)12-4-7-18-15(10-12)5-3-6-15/h12-14,16H,2-11H2,1H3. The van der Waals surface area contributed by atoms with E-state index in [0.29, 0.717) is 12.1 Å². The van der Waals surface area contributed by atoms with Crippen LogP contribution in [0.4, 0.5) is 0 Å². The van der Waals surface area contributed by atoms with E-state index in [2.05, 4.69) is 12.2 Å². The van der Waals surface area contributed by atoms with Crippen LogP contribution >= 0.6 is 11.8 Å². The molecule has 19 heavy (non-hydrogen) atoms. The average molecular weight is 285 g/mol. The van der Waals surface area contributed by atoms with Gasteiger partial charge in [0.2, 0.25) is 0 Å². The van der Waals surface area contributed by atoms with Gasteiger partial charge in [0.25, 0.3) is 0 Å². The fraction of sp³-hybridized carbons (Fsp3) is 1.00. The molecular formula is C15H27NO2S. The van der Waals surface area contributed by atoms with Crippen molar-refractivity contribution in [1.82, 2.24) is 5.32 Å². The summed E-state index contributed by atoms with van der Waals surface area (Å²) in [5, 5.41) is 3.71. The maximum absolute atomic E-state index is 6.07. The highest BCUT2D eigenvalue weighted by molar-refractivity contribution is 7.99. The summed E-state index contributed by atoms with van der Waals surface area (Å²) in [4.78, 5) is 0. The van der Waals surface area contributed by atoms with Crippen LogP contribution in [0.15, 0.2) is 0 Å². The van der Waals surface area contributed by atoms with E-state index in [1.807, 2.05) is 11.8 Å². The third kappa shape index (κ3) is 3.12. The Hall–Kier alpha value is 0.230. The fourth-order valence-corrected chi connectivity index (χ4v) is 4.76. The number of thioether (sulfide) groups is 1. The first kappa shape index (κ1) is 14.2. The van der Waals surface area contributed by atoms with Crippen molar-refractivity contribution in [1.29, 1.82) is 0 Å². The van der Waals surface area contributed by atoms with Gasteiger partial charge in [-0.3, -0.25) is 0 Å². The van der Waals surface area contributed by atoms with E-state index in [-0.39, 0.29) is 5.60 Å². The minimum absolute atomic E-state index is 0.248. The van der Waals surface area contributed by atoms with Crippen molar-refractivity contribution in [3.63, 3.8) is 0 Å². The number of likely N-dealkylation sites (N-methyl/N-ethyl adjacent to an activating group) is 1. The summed E-state index contributed by atoms with van der Waals surface area (Å²) in [6.07, 6.45) is 6.76. The monoisotopic (exact) mass is 285 g/mol. The van der Waals surface area contributed by atoms with E-state index < -0.39 is 0 Å². The molecule has 0 radical (unpaired) electrons. The lowest BCUT2D eigenvalue weighted by atomic mass is 9.70. The van der Waals surface area contributed by atoms with Gasteiger partial charge < -0.3 is 14.8 Å². The number of ether oxygens (including phenoxy) is 2. The van der Waals surface area contributed by atoms with Crippen LogP contribution in [-0.2, 0) is 9.47 Å². The minimum Gasteiger partial charge on any atom is -0.375 e. The maximum Gasteiger partial charge on any atom is 0.0821 e. The number of hydrogen-bond acceptors (Lipinski definition) is 4. The van der Waals surface area contributed by atoms with Crippen LogP contribution < -0.4 is 5.32 Å². The lowest BCUT2D eigenvalue weighted by molar-refractivity contribution is -0.152. The lowest BCUT2D eigenvalue weighted by Gasteiger charge is -2.50. The van der Waals surface area contributed by atoms with Crippen molar-refractivity contribution in [2.75, 3.05) is 31.3 Å². The van der Waals surface area contributed by atoms with Gasteiger partial charge in [-0.2, -0.15) is 11.8 Å². The zero-order chi connectivity index (χ0) is 13.1.